The van der Waals surface area contributed by atoms with Crippen molar-refractivity contribution < 1.29 is 9.47 Å². The van der Waals surface area contributed by atoms with Gasteiger partial charge in [-0.15, -0.1) is 10.2 Å². The van der Waals surface area contributed by atoms with E-state index >= 15 is 0 Å². The van der Waals surface area contributed by atoms with Crippen molar-refractivity contribution in [1.29, 1.82) is 0 Å². The van der Waals surface area contributed by atoms with Crippen molar-refractivity contribution in [1.82, 2.24) is 19.8 Å². The molecule has 0 unspecified atom stereocenters. The fourth-order valence-electron chi connectivity index (χ4n) is 1.86. The number of hydrogen-bond donors (Lipinski definition) is 0. The summed E-state index contributed by atoms with van der Waals surface area (Å²) in [5, 5.41) is 13.7. The number of rotatable bonds is 5. The molecule has 0 saturated carbocycles. The maximum atomic E-state index is 5.15. The highest BCUT2D eigenvalue weighted by atomic mass is 32.1. The maximum Gasteiger partial charge on any atom is 0.234 e. The van der Waals surface area contributed by atoms with E-state index in [1.54, 1.807) is 18.7 Å². The average Bonchev–Trinajstić information content (AvgIpc) is 3.06. The number of aromatic nitrogens is 4. The second-order valence-corrected chi connectivity index (χ2v) is 5.15. The highest BCUT2D eigenvalue weighted by molar-refractivity contribution is 7.19. The Morgan fingerprint density at radius 2 is 1.95 bits per heavy atom. The van der Waals surface area contributed by atoms with Crippen molar-refractivity contribution >= 4 is 16.3 Å². The van der Waals surface area contributed by atoms with Gasteiger partial charge in [0, 0.05) is 19.1 Å². The Balaban J connectivity index is 1.93. The molecule has 0 N–H and O–H groups in total. The van der Waals surface area contributed by atoms with Crippen LogP contribution in [0.25, 0.3) is 15.5 Å². The Kier molecular flexibility index (Phi) is 3.62. The lowest BCUT2D eigenvalue weighted by Crippen LogP contribution is -2.01. The van der Waals surface area contributed by atoms with Crippen LogP contribution in [-0.4, -0.2) is 40.6 Å². The summed E-state index contributed by atoms with van der Waals surface area (Å²) in [6.45, 7) is 0.607. The third kappa shape index (κ3) is 2.37. The van der Waals surface area contributed by atoms with Crippen LogP contribution in [0.3, 0.4) is 0 Å². The molecule has 0 atom stereocenters. The van der Waals surface area contributed by atoms with E-state index in [0.717, 1.165) is 27.1 Å². The van der Waals surface area contributed by atoms with E-state index < -0.39 is 0 Å². The summed E-state index contributed by atoms with van der Waals surface area (Å²) in [5.41, 5.74) is 1.04. The number of benzene rings is 1. The summed E-state index contributed by atoms with van der Waals surface area (Å²) in [4.78, 5) is 0.793. The van der Waals surface area contributed by atoms with Crippen LogP contribution < -0.4 is 4.74 Å². The predicted octanol–water partition coefficient (Wildman–Crippen LogP) is 2.05. The highest BCUT2D eigenvalue weighted by Gasteiger charge is 2.12. The van der Waals surface area contributed by atoms with Crippen LogP contribution in [0, 0.1) is 0 Å². The van der Waals surface area contributed by atoms with Gasteiger partial charge in [0.05, 0.1) is 13.7 Å². The zero-order chi connectivity index (χ0) is 13.9. The first-order valence-corrected chi connectivity index (χ1v) is 6.98. The molecule has 104 valence electrons. The average molecular weight is 290 g/mol. The van der Waals surface area contributed by atoms with Crippen molar-refractivity contribution in [2.45, 2.75) is 6.42 Å². The minimum absolute atomic E-state index is 0.607. The Morgan fingerprint density at radius 1 is 1.15 bits per heavy atom. The molecule has 20 heavy (non-hydrogen) atoms. The Bertz CT molecular complexity index is 705. The predicted molar refractivity (Wildman–Crippen MR) is 76.2 cm³/mol. The van der Waals surface area contributed by atoms with Gasteiger partial charge in [0.2, 0.25) is 4.96 Å². The van der Waals surface area contributed by atoms with E-state index in [-0.39, 0.29) is 0 Å². The van der Waals surface area contributed by atoms with Crippen molar-refractivity contribution in [2.75, 3.05) is 20.8 Å². The van der Waals surface area contributed by atoms with Crippen LogP contribution in [-0.2, 0) is 11.2 Å². The summed E-state index contributed by atoms with van der Waals surface area (Å²) in [5.74, 6) is 1.65. The number of hydrogen-bond acceptors (Lipinski definition) is 6. The molecule has 1 aromatic carbocycles. The molecule has 0 bridgehead atoms. The molecular formula is C13H14N4O2S. The van der Waals surface area contributed by atoms with Gasteiger partial charge < -0.3 is 9.47 Å². The molecule has 0 spiro atoms. The molecule has 0 aliphatic heterocycles. The number of fused-ring (bicyclic) bond motifs is 1. The van der Waals surface area contributed by atoms with E-state index in [4.69, 9.17) is 9.47 Å². The summed E-state index contributed by atoms with van der Waals surface area (Å²) in [7, 11) is 3.32. The van der Waals surface area contributed by atoms with Crippen molar-refractivity contribution in [3.63, 3.8) is 0 Å². The van der Waals surface area contributed by atoms with Crippen LogP contribution >= 0.6 is 11.3 Å². The van der Waals surface area contributed by atoms with E-state index in [1.165, 1.54) is 11.3 Å². The molecule has 3 aromatic rings. The first-order chi connectivity index (χ1) is 9.81. The smallest absolute Gasteiger partial charge is 0.234 e. The Hall–Kier alpha value is -1.99. The maximum absolute atomic E-state index is 5.15. The third-order valence-corrected chi connectivity index (χ3v) is 3.87. The fourth-order valence-corrected chi connectivity index (χ4v) is 2.72. The van der Waals surface area contributed by atoms with Crippen molar-refractivity contribution in [2.24, 2.45) is 0 Å². The first kappa shape index (κ1) is 13.0. The van der Waals surface area contributed by atoms with E-state index in [0.29, 0.717) is 13.0 Å². The molecular weight excluding hydrogens is 276 g/mol. The molecule has 0 amide bonds. The Morgan fingerprint density at radius 3 is 2.65 bits per heavy atom. The lowest BCUT2D eigenvalue weighted by atomic mass is 10.2. The molecule has 2 aromatic heterocycles. The molecule has 0 fully saturated rings. The molecule has 0 saturated heterocycles. The van der Waals surface area contributed by atoms with Crippen LogP contribution in [0.5, 0.6) is 5.75 Å². The van der Waals surface area contributed by atoms with E-state index in [1.807, 2.05) is 24.3 Å². The molecule has 3 rings (SSSR count). The topological polar surface area (TPSA) is 61.5 Å². The molecule has 7 heteroatoms. The van der Waals surface area contributed by atoms with Crippen molar-refractivity contribution in [3.8, 4) is 16.3 Å². The zero-order valence-electron chi connectivity index (χ0n) is 11.2. The van der Waals surface area contributed by atoms with Gasteiger partial charge in [0.15, 0.2) is 5.82 Å². The van der Waals surface area contributed by atoms with Gasteiger partial charge in [-0.05, 0) is 24.3 Å². The third-order valence-electron chi connectivity index (χ3n) is 2.92. The lowest BCUT2D eigenvalue weighted by molar-refractivity contribution is 0.200. The number of methoxy groups -OCH3 is 2. The highest BCUT2D eigenvalue weighted by Crippen LogP contribution is 2.27. The SMILES string of the molecule is COCCc1nnc2sc(-c3ccc(OC)cc3)nn12. The van der Waals surface area contributed by atoms with Crippen LogP contribution in [0.15, 0.2) is 24.3 Å². The summed E-state index contributed by atoms with van der Waals surface area (Å²) in [6.07, 6.45) is 0.698. The molecule has 0 aliphatic carbocycles. The minimum atomic E-state index is 0.607. The first-order valence-electron chi connectivity index (χ1n) is 6.16. The fraction of sp³-hybridized carbons (Fsp3) is 0.308. The van der Waals surface area contributed by atoms with Gasteiger partial charge >= 0.3 is 0 Å². The standard InChI is InChI=1S/C13H14N4O2S/c1-18-8-7-11-14-15-13-17(11)16-12(20-13)9-3-5-10(19-2)6-4-9/h3-6H,7-8H2,1-2H3. The molecule has 0 radical (unpaired) electrons. The molecule has 2 heterocycles. The normalized spacial score (nSPS) is 11.1. The minimum Gasteiger partial charge on any atom is -0.497 e. The second-order valence-electron chi connectivity index (χ2n) is 4.19. The molecule has 0 aliphatic rings. The number of ether oxygens (including phenoxy) is 2. The van der Waals surface area contributed by atoms with Crippen molar-refractivity contribution in [3.05, 3.63) is 30.1 Å². The largest absolute Gasteiger partial charge is 0.497 e. The van der Waals surface area contributed by atoms with Crippen LogP contribution in [0.4, 0.5) is 0 Å². The van der Waals surface area contributed by atoms with Gasteiger partial charge in [-0.3, -0.25) is 0 Å². The van der Waals surface area contributed by atoms with Gasteiger partial charge in [0.25, 0.3) is 0 Å². The monoisotopic (exact) mass is 290 g/mol. The number of nitrogens with zero attached hydrogens (tertiary/aromatic N) is 4. The van der Waals surface area contributed by atoms with E-state index in [9.17, 15) is 0 Å². The van der Waals surface area contributed by atoms with Gasteiger partial charge in [-0.1, -0.05) is 11.3 Å². The lowest BCUT2D eigenvalue weighted by Gasteiger charge is -1.99. The van der Waals surface area contributed by atoms with Crippen LogP contribution in [0.2, 0.25) is 0 Å². The van der Waals surface area contributed by atoms with Crippen LogP contribution in [0.1, 0.15) is 5.82 Å². The second kappa shape index (κ2) is 5.56. The summed E-state index contributed by atoms with van der Waals surface area (Å²) < 4.78 is 12.0. The quantitative estimate of drug-likeness (QED) is 0.719. The van der Waals surface area contributed by atoms with Gasteiger partial charge in [-0.2, -0.15) is 9.61 Å². The summed E-state index contributed by atoms with van der Waals surface area (Å²) in [6, 6.07) is 7.81. The van der Waals surface area contributed by atoms with E-state index in [2.05, 4.69) is 15.3 Å². The van der Waals surface area contributed by atoms with Gasteiger partial charge in [0.1, 0.15) is 10.8 Å². The zero-order valence-corrected chi connectivity index (χ0v) is 12.1. The summed E-state index contributed by atoms with van der Waals surface area (Å²) >= 11 is 1.51. The molecule has 6 nitrogen and oxygen atoms in total. The Labute approximate surface area is 120 Å². The van der Waals surface area contributed by atoms with Gasteiger partial charge in [-0.25, -0.2) is 0 Å².